The third kappa shape index (κ3) is 5.88. The van der Waals surface area contributed by atoms with E-state index in [0.29, 0.717) is 12.3 Å². The first-order valence-electron chi connectivity index (χ1n) is 10.8. The molecule has 0 N–H and O–H groups in total. The Hall–Kier alpha value is -2.55. The number of benzene rings is 2. The zero-order chi connectivity index (χ0) is 23.4. The minimum atomic E-state index is -0.687. The van der Waals surface area contributed by atoms with Crippen LogP contribution in [0.25, 0.3) is 0 Å². The molecule has 3 aromatic rings. The summed E-state index contributed by atoms with van der Waals surface area (Å²) in [6, 6.07) is 13.3. The van der Waals surface area contributed by atoms with Gasteiger partial charge in [-0.1, -0.05) is 24.3 Å². The number of nitrogens with zero attached hydrogens (tertiary/aromatic N) is 2. The van der Waals surface area contributed by atoms with Gasteiger partial charge in [-0.2, -0.15) is 0 Å². The lowest BCUT2D eigenvalue weighted by atomic mass is 10.1. The summed E-state index contributed by atoms with van der Waals surface area (Å²) in [5.41, 5.74) is 2.93. The smallest absolute Gasteiger partial charge is 0.269 e. The zero-order valence-electron chi connectivity index (χ0n) is 18.3. The molecule has 1 aromatic heterocycles. The van der Waals surface area contributed by atoms with Gasteiger partial charge in [0, 0.05) is 43.0 Å². The molecule has 1 saturated heterocycles. The Morgan fingerprint density at radius 2 is 1.67 bits per heavy atom. The van der Waals surface area contributed by atoms with Gasteiger partial charge in [0.25, 0.3) is 5.56 Å². The van der Waals surface area contributed by atoms with E-state index >= 15 is 0 Å². The summed E-state index contributed by atoms with van der Waals surface area (Å²) in [4.78, 5) is 15.3. The fourth-order valence-electron chi connectivity index (χ4n) is 3.76. The lowest BCUT2D eigenvalue weighted by molar-refractivity contribution is 0.0342. The van der Waals surface area contributed by atoms with Gasteiger partial charge >= 0.3 is 0 Å². The number of morpholine rings is 1. The second-order valence-electron chi connectivity index (χ2n) is 8.08. The number of hydrogen-bond donors (Lipinski definition) is 0. The highest BCUT2D eigenvalue weighted by Crippen LogP contribution is 2.24. The molecule has 0 atom stereocenters. The molecule has 0 radical (unpaired) electrons. The molecule has 5 nitrogen and oxygen atoms in total. The van der Waals surface area contributed by atoms with E-state index in [9.17, 15) is 13.6 Å². The number of pyridine rings is 1. The fourth-order valence-corrected chi connectivity index (χ4v) is 4.20. The van der Waals surface area contributed by atoms with Gasteiger partial charge in [0.05, 0.1) is 19.8 Å². The van der Waals surface area contributed by atoms with Crippen molar-refractivity contribution in [3.05, 3.63) is 97.4 Å². The maximum Gasteiger partial charge on any atom is 0.269 e. The highest BCUT2D eigenvalue weighted by molar-refractivity contribution is 9.10. The molecule has 2 heterocycles. The zero-order valence-corrected chi connectivity index (χ0v) is 19.9. The van der Waals surface area contributed by atoms with Crippen LogP contribution in [0.2, 0.25) is 0 Å². The van der Waals surface area contributed by atoms with Crippen LogP contribution in [0.1, 0.15) is 22.4 Å². The van der Waals surface area contributed by atoms with Crippen molar-refractivity contribution in [3.8, 4) is 5.75 Å². The van der Waals surface area contributed by atoms with Crippen LogP contribution >= 0.6 is 15.9 Å². The largest absolute Gasteiger partial charge is 0.487 e. The molecule has 174 valence electrons. The van der Waals surface area contributed by atoms with Crippen LogP contribution in [0.5, 0.6) is 5.75 Å². The number of aryl methyl sites for hydroxylation is 1. The Balaban J connectivity index is 1.45. The summed E-state index contributed by atoms with van der Waals surface area (Å²) in [7, 11) is 0. The summed E-state index contributed by atoms with van der Waals surface area (Å²) in [5, 5.41) is 0. The van der Waals surface area contributed by atoms with Crippen LogP contribution in [0.4, 0.5) is 8.78 Å². The first kappa shape index (κ1) is 23.6. The highest BCUT2D eigenvalue weighted by atomic mass is 79.9. The van der Waals surface area contributed by atoms with Gasteiger partial charge in [0.1, 0.15) is 28.5 Å². The van der Waals surface area contributed by atoms with Gasteiger partial charge in [0.15, 0.2) is 0 Å². The molecular weight excluding hydrogens is 494 g/mol. The first-order valence-corrected chi connectivity index (χ1v) is 11.5. The van der Waals surface area contributed by atoms with Crippen LogP contribution in [0.15, 0.2) is 57.8 Å². The van der Waals surface area contributed by atoms with Crippen molar-refractivity contribution in [2.45, 2.75) is 26.6 Å². The lowest BCUT2D eigenvalue weighted by Crippen LogP contribution is -2.35. The Kier molecular flexibility index (Phi) is 7.57. The third-order valence-corrected chi connectivity index (χ3v) is 6.42. The number of halogens is 3. The molecule has 1 fully saturated rings. The SMILES string of the molecule is Cc1cc(OCc2ccc(F)cc2F)c(Br)c(=O)n1Cc1ccc(CN2CCOCC2)cc1. The quantitative estimate of drug-likeness (QED) is 0.456. The Bertz CT molecular complexity index is 1180. The van der Waals surface area contributed by atoms with E-state index in [1.807, 2.05) is 19.1 Å². The van der Waals surface area contributed by atoms with Gasteiger partial charge in [-0.25, -0.2) is 8.78 Å². The Morgan fingerprint density at radius 3 is 2.33 bits per heavy atom. The molecule has 2 aromatic carbocycles. The summed E-state index contributed by atoms with van der Waals surface area (Å²) < 4.78 is 39.9. The van der Waals surface area contributed by atoms with Crippen molar-refractivity contribution >= 4 is 15.9 Å². The van der Waals surface area contributed by atoms with Gasteiger partial charge < -0.3 is 14.0 Å². The Morgan fingerprint density at radius 1 is 1.00 bits per heavy atom. The van der Waals surface area contributed by atoms with E-state index < -0.39 is 11.6 Å². The van der Waals surface area contributed by atoms with E-state index in [1.165, 1.54) is 17.7 Å². The average molecular weight is 519 g/mol. The third-order valence-electron chi connectivity index (χ3n) is 5.69. The van der Waals surface area contributed by atoms with E-state index in [4.69, 9.17) is 9.47 Å². The highest BCUT2D eigenvalue weighted by Gasteiger charge is 2.14. The molecule has 1 aliphatic rings. The van der Waals surface area contributed by atoms with Crippen molar-refractivity contribution in [1.82, 2.24) is 9.47 Å². The monoisotopic (exact) mass is 518 g/mol. The molecule has 33 heavy (non-hydrogen) atoms. The summed E-state index contributed by atoms with van der Waals surface area (Å²) in [5.74, 6) is -1.02. The second-order valence-corrected chi connectivity index (χ2v) is 8.88. The molecule has 4 rings (SSSR count). The lowest BCUT2D eigenvalue weighted by Gasteiger charge is -2.26. The summed E-state index contributed by atoms with van der Waals surface area (Å²) >= 11 is 3.32. The normalized spacial score (nSPS) is 14.4. The maximum atomic E-state index is 13.9. The summed E-state index contributed by atoms with van der Waals surface area (Å²) in [6.07, 6.45) is 0. The molecular formula is C25H25BrF2N2O3. The first-order chi connectivity index (χ1) is 15.9. The number of rotatable bonds is 7. The molecule has 0 spiro atoms. The number of hydrogen-bond acceptors (Lipinski definition) is 4. The molecule has 0 amide bonds. The van der Waals surface area contributed by atoms with Crippen molar-refractivity contribution < 1.29 is 18.3 Å². The maximum absolute atomic E-state index is 13.9. The van der Waals surface area contributed by atoms with E-state index in [1.54, 1.807) is 10.6 Å². The fraction of sp³-hybridized carbons (Fsp3) is 0.320. The van der Waals surface area contributed by atoms with Crippen LogP contribution < -0.4 is 10.3 Å². The standard InChI is InChI=1S/C25H25BrF2N2O3/c1-17-12-23(33-16-20-6-7-21(27)13-22(20)28)24(26)25(31)30(17)15-19-4-2-18(3-5-19)14-29-8-10-32-11-9-29/h2-7,12-13H,8-11,14-16H2,1H3. The predicted molar refractivity (Wildman–Crippen MR) is 125 cm³/mol. The average Bonchev–Trinajstić information content (AvgIpc) is 2.81. The Labute approximate surface area is 199 Å². The molecule has 0 bridgehead atoms. The molecule has 0 saturated carbocycles. The number of aromatic nitrogens is 1. The van der Waals surface area contributed by atoms with Gasteiger partial charge in [-0.05, 0) is 46.1 Å². The number of ether oxygens (including phenoxy) is 2. The van der Waals surface area contributed by atoms with E-state index in [2.05, 4.69) is 33.0 Å². The van der Waals surface area contributed by atoms with Crippen molar-refractivity contribution in [2.75, 3.05) is 26.3 Å². The van der Waals surface area contributed by atoms with Gasteiger partial charge in [-0.15, -0.1) is 0 Å². The van der Waals surface area contributed by atoms with Crippen LogP contribution in [-0.2, 0) is 24.4 Å². The summed E-state index contributed by atoms with van der Waals surface area (Å²) in [6.45, 7) is 6.44. The molecule has 8 heteroatoms. The van der Waals surface area contributed by atoms with Crippen molar-refractivity contribution in [2.24, 2.45) is 0 Å². The van der Waals surface area contributed by atoms with Crippen molar-refractivity contribution in [3.63, 3.8) is 0 Å². The van der Waals surface area contributed by atoms with Gasteiger partial charge in [0.2, 0.25) is 0 Å². The van der Waals surface area contributed by atoms with Crippen molar-refractivity contribution in [1.29, 1.82) is 0 Å². The second kappa shape index (κ2) is 10.6. The topological polar surface area (TPSA) is 43.7 Å². The van der Waals surface area contributed by atoms with Gasteiger partial charge in [-0.3, -0.25) is 9.69 Å². The van der Waals surface area contributed by atoms with E-state index in [-0.39, 0.29) is 22.2 Å². The van der Waals surface area contributed by atoms with Crippen LogP contribution in [0.3, 0.4) is 0 Å². The molecule has 0 unspecified atom stereocenters. The predicted octanol–water partition coefficient (Wildman–Crippen LogP) is 4.66. The minimum absolute atomic E-state index is 0.113. The minimum Gasteiger partial charge on any atom is -0.487 e. The molecule has 0 aliphatic carbocycles. The van der Waals surface area contributed by atoms with E-state index in [0.717, 1.165) is 50.2 Å². The molecule has 1 aliphatic heterocycles. The van der Waals surface area contributed by atoms with Crippen LogP contribution in [-0.4, -0.2) is 35.8 Å². The van der Waals surface area contributed by atoms with Crippen LogP contribution in [0, 0.1) is 18.6 Å².